The molecule has 0 saturated heterocycles. The Labute approximate surface area is 115 Å². The SMILES string of the molecule is CC(C)(C)c1ccc(SCC2(O)CCCC2)cc1. The van der Waals surface area contributed by atoms with Crippen LogP contribution >= 0.6 is 11.8 Å². The second kappa shape index (κ2) is 5.26. The highest BCUT2D eigenvalue weighted by molar-refractivity contribution is 7.99. The minimum Gasteiger partial charge on any atom is -0.389 e. The topological polar surface area (TPSA) is 20.2 Å². The van der Waals surface area contributed by atoms with Crippen LogP contribution in [-0.4, -0.2) is 16.5 Å². The van der Waals surface area contributed by atoms with E-state index in [0.717, 1.165) is 18.6 Å². The number of rotatable bonds is 3. The number of hydrogen-bond donors (Lipinski definition) is 1. The highest BCUT2D eigenvalue weighted by Crippen LogP contribution is 2.35. The zero-order valence-corrected chi connectivity index (χ0v) is 12.5. The Hall–Kier alpha value is -0.470. The molecule has 1 fully saturated rings. The lowest BCUT2D eigenvalue weighted by Gasteiger charge is -2.22. The molecule has 2 rings (SSSR count). The third-order valence-corrected chi connectivity index (χ3v) is 5.05. The Balaban J connectivity index is 1.94. The summed E-state index contributed by atoms with van der Waals surface area (Å²) in [5, 5.41) is 10.3. The molecule has 0 amide bonds. The number of benzene rings is 1. The van der Waals surface area contributed by atoms with Crippen LogP contribution in [0.1, 0.15) is 52.0 Å². The zero-order chi connectivity index (χ0) is 13.2. The van der Waals surface area contributed by atoms with Gasteiger partial charge in [-0.15, -0.1) is 11.8 Å². The summed E-state index contributed by atoms with van der Waals surface area (Å²) >= 11 is 1.79. The molecule has 2 heteroatoms. The van der Waals surface area contributed by atoms with Crippen molar-refractivity contribution in [3.8, 4) is 0 Å². The first-order valence-corrected chi connectivity index (χ1v) is 7.83. The van der Waals surface area contributed by atoms with Crippen molar-refractivity contribution in [1.29, 1.82) is 0 Å². The fourth-order valence-electron chi connectivity index (χ4n) is 2.45. The summed E-state index contributed by atoms with van der Waals surface area (Å²) in [6, 6.07) is 8.79. The van der Waals surface area contributed by atoms with E-state index in [9.17, 15) is 5.11 Å². The van der Waals surface area contributed by atoms with E-state index in [-0.39, 0.29) is 5.41 Å². The lowest BCUT2D eigenvalue weighted by atomic mass is 9.87. The molecule has 0 bridgehead atoms. The van der Waals surface area contributed by atoms with Crippen molar-refractivity contribution in [2.24, 2.45) is 0 Å². The molecule has 0 radical (unpaired) electrons. The van der Waals surface area contributed by atoms with Gasteiger partial charge in [-0.3, -0.25) is 0 Å². The summed E-state index contributed by atoms with van der Waals surface area (Å²) in [5.41, 5.74) is 1.17. The van der Waals surface area contributed by atoms with Crippen LogP contribution in [0.25, 0.3) is 0 Å². The Morgan fingerprint density at radius 3 is 2.17 bits per heavy atom. The third-order valence-electron chi connectivity index (χ3n) is 3.76. The van der Waals surface area contributed by atoms with Crippen molar-refractivity contribution >= 4 is 11.8 Å². The van der Waals surface area contributed by atoms with Gasteiger partial charge in [-0.1, -0.05) is 45.7 Å². The highest BCUT2D eigenvalue weighted by atomic mass is 32.2. The summed E-state index contributed by atoms with van der Waals surface area (Å²) in [7, 11) is 0. The third kappa shape index (κ3) is 3.52. The second-order valence-electron chi connectivity index (χ2n) is 6.49. The number of thioether (sulfide) groups is 1. The summed E-state index contributed by atoms with van der Waals surface area (Å²) in [6.45, 7) is 6.70. The van der Waals surface area contributed by atoms with E-state index in [1.165, 1.54) is 23.3 Å². The normalized spacial score (nSPS) is 19.1. The summed E-state index contributed by atoms with van der Waals surface area (Å²) in [4.78, 5) is 1.27. The summed E-state index contributed by atoms with van der Waals surface area (Å²) in [5.74, 6) is 0.835. The molecule has 0 spiro atoms. The minimum atomic E-state index is -0.409. The molecule has 1 aliphatic carbocycles. The Bertz CT molecular complexity index is 383. The van der Waals surface area contributed by atoms with Crippen LogP contribution in [0.15, 0.2) is 29.2 Å². The van der Waals surface area contributed by atoms with Gasteiger partial charge in [-0.25, -0.2) is 0 Å². The molecule has 100 valence electrons. The molecule has 1 aliphatic rings. The predicted octanol–water partition coefficient (Wildman–Crippen LogP) is 4.38. The van der Waals surface area contributed by atoms with Gasteiger partial charge in [-0.05, 0) is 36.0 Å². The molecule has 1 aromatic carbocycles. The average molecular weight is 264 g/mol. The molecular formula is C16H24OS. The van der Waals surface area contributed by atoms with Crippen molar-refractivity contribution in [2.45, 2.75) is 62.4 Å². The second-order valence-corrected chi connectivity index (χ2v) is 7.54. The molecule has 0 aliphatic heterocycles. The molecule has 0 unspecified atom stereocenters. The van der Waals surface area contributed by atoms with Crippen LogP contribution < -0.4 is 0 Å². The fraction of sp³-hybridized carbons (Fsp3) is 0.625. The molecule has 1 N–H and O–H groups in total. The molecule has 18 heavy (non-hydrogen) atoms. The van der Waals surface area contributed by atoms with E-state index in [1.807, 2.05) is 0 Å². The maximum absolute atomic E-state index is 10.3. The fourth-order valence-corrected chi connectivity index (χ4v) is 3.50. The van der Waals surface area contributed by atoms with Gasteiger partial charge in [0.25, 0.3) is 0 Å². The molecule has 0 heterocycles. The van der Waals surface area contributed by atoms with Crippen molar-refractivity contribution in [1.82, 2.24) is 0 Å². The van der Waals surface area contributed by atoms with Gasteiger partial charge in [0.15, 0.2) is 0 Å². The first-order chi connectivity index (χ1) is 8.39. The van der Waals surface area contributed by atoms with Crippen LogP contribution in [0.3, 0.4) is 0 Å². The molecule has 1 aromatic rings. The van der Waals surface area contributed by atoms with Gasteiger partial charge < -0.3 is 5.11 Å². The van der Waals surface area contributed by atoms with Crippen LogP contribution in [0.2, 0.25) is 0 Å². The lowest BCUT2D eigenvalue weighted by Crippen LogP contribution is -2.26. The predicted molar refractivity (Wildman–Crippen MR) is 79.3 cm³/mol. The molecule has 0 aromatic heterocycles. The smallest absolute Gasteiger partial charge is 0.0741 e. The van der Waals surface area contributed by atoms with Gasteiger partial charge in [-0.2, -0.15) is 0 Å². The van der Waals surface area contributed by atoms with E-state index in [0.29, 0.717) is 0 Å². The standard InChI is InChI=1S/C16H24OS/c1-15(2,3)13-6-8-14(9-7-13)18-12-16(17)10-4-5-11-16/h6-9,17H,4-5,10-12H2,1-3H3. The molecular weight excluding hydrogens is 240 g/mol. The monoisotopic (exact) mass is 264 g/mol. The van der Waals surface area contributed by atoms with Crippen molar-refractivity contribution < 1.29 is 5.11 Å². The number of aliphatic hydroxyl groups is 1. The molecule has 1 saturated carbocycles. The summed E-state index contributed by atoms with van der Waals surface area (Å²) < 4.78 is 0. The largest absolute Gasteiger partial charge is 0.389 e. The maximum atomic E-state index is 10.3. The van der Waals surface area contributed by atoms with E-state index in [1.54, 1.807) is 11.8 Å². The van der Waals surface area contributed by atoms with Gasteiger partial charge in [0.05, 0.1) is 5.60 Å². The van der Waals surface area contributed by atoms with Crippen LogP contribution in [-0.2, 0) is 5.41 Å². The average Bonchev–Trinajstić information content (AvgIpc) is 2.74. The minimum absolute atomic E-state index is 0.215. The van der Waals surface area contributed by atoms with E-state index < -0.39 is 5.60 Å². The summed E-state index contributed by atoms with van der Waals surface area (Å²) in [6.07, 6.45) is 4.31. The lowest BCUT2D eigenvalue weighted by molar-refractivity contribution is 0.0732. The van der Waals surface area contributed by atoms with Crippen molar-refractivity contribution in [3.05, 3.63) is 29.8 Å². The van der Waals surface area contributed by atoms with E-state index >= 15 is 0 Å². The first-order valence-electron chi connectivity index (χ1n) is 6.85. The van der Waals surface area contributed by atoms with Crippen molar-refractivity contribution in [3.63, 3.8) is 0 Å². The zero-order valence-electron chi connectivity index (χ0n) is 11.7. The maximum Gasteiger partial charge on any atom is 0.0741 e. The quantitative estimate of drug-likeness (QED) is 0.817. The van der Waals surface area contributed by atoms with Crippen LogP contribution in [0.4, 0.5) is 0 Å². The Morgan fingerprint density at radius 1 is 1.11 bits per heavy atom. The van der Waals surface area contributed by atoms with Crippen LogP contribution in [0, 0.1) is 0 Å². The van der Waals surface area contributed by atoms with Gasteiger partial charge in [0, 0.05) is 10.6 Å². The van der Waals surface area contributed by atoms with E-state index in [4.69, 9.17) is 0 Å². The Kier molecular flexibility index (Phi) is 4.08. The van der Waals surface area contributed by atoms with Gasteiger partial charge >= 0.3 is 0 Å². The highest BCUT2D eigenvalue weighted by Gasteiger charge is 2.30. The number of hydrogen-bond acceptors (Lipinski definition) is 2. The van der Waals surface area contributed by atoms with Gasteiger partial charge in [0.1, 0.15) is 0 Å². The van der Waals surface area contributed by atoms with Crippen molar-refractivity contribution in [2.75, 3.05) is 5.75 Å². The first kappa shape index (κ1) is 14.0. The molecule has 1 nitrogen and oxygen atoms in total. The van der Waals surface area contributed by atoms with Gasteiger partial charge in [0.2, 0.25) is 0 Å². The Morgan fingerprint density at radius 2 is 1.67 bits per heavy atom. The van der Waals surface area contributed by atoms with Crippen LogP contribution in [0.5, 0.6) is 0 Å². The van der Waals surface area contributed by atoms with E-state index in [2.05, 4.69) is 45.0 Å². The molecule has 0 atom stereocenters.